The summed E-state index contributed by atoms with van der Waals surface area (Å²) in [4.78, 5) is 39.4. The van der Waals surface area contributed by atoms with Gasteiger partial charge in [0.25, 0.3) is 0 Å². The molecule has 1 saturated heterocycles. The molecule has 2 amide bonds. The second-order valence-corrected chi connectivity index (χ2v) is 7.43. The lowest BCUT2D eigenvalue weighted by molar-refractivity contribution is -0.137. The van der Waals surface area contributed by atoms with Crippen molar-refractivity contribution in [3.8, 4) is 0 Å². The molecule has 3 heterocycles. The minimum Gasteiger partial charge on any atom is -0.338 e. The summed E-state index contributed by atoms with van der Waals surface area (Å²) < 4.78 is 0. The molecule has 4 rings (SSSR count). The van der Waals surface area contributed by atoms with Crippen LogP contribution in [0.5, 0.6) is 0 Å². The first-order valence-corrected chi connectivity index (χ1v) is 10.2. The van der Waals surface area contributed by atoms with E-state index in [-0.39, 0.29) is 18.4 Å². The van der Waals surface area contributed by atoms with Crippen molar-refractivity contribution in [1.82, 2.24) is 19.8 Å². The molecule has 1 aromatic heterocycles. The molecule has 0 spiro atoms. The summed E-state index contributed by atoms with van der Waals surface area (Å²) in [5.74, 6) is 0.988. The fourth-order valence-corrected chi connectivity index (χ4v) is 4.12. The summed E-state index contributed by atoms with van der Waals surface area (Å²) in [6.07, 6.45) is 3.44. The van der Waals surface area contributed by atoms with Gasteiger partial charge in [0.2, 0.25) is 17.8 Å². The monoisotopic (exact) mass is 395 g/mol. The van der Waals surface area contributed by atoms with Crippen LogP contribution in [0, 0.1) is 0 Å². The minimum atomic E-state index is -0.0317. The summed E-state index contributed by atoms with van der Waals surface area (Å²) in [7, 11) is 0. The van der Waals surface area contributed by atoms with Gasteiger partial charge in [0.1, 0.15) is 6.54 Å². The fourth-order valence-electron chi connectivity index (χ4n) is 3.32. The number of hydrogen-bond donors (Lipinski definition) is 0. The van der Waals surface area contributed by atoms with Crippen LogP contribution in [-0.2, 0) is 9.59 Å². The van der Waals surface area contributed by atoms with Gasteiger partial charge >= 0.3 is 0 Å². The number of amides is 2. The van der Waals surface area contributed by atoms with Crippen LogP contribution >= 0.6 is 11.8 Å². The van der Waals surface area contributed by atoms with Gasteiger partial charge in [0, 0.05) is 38.6 Å². The van der Waals surface area contributed by atoms with Crippen molar-refractivity contribution in [2.24, 2.45) is 0 Å². The van der Waals surface area contributed by atoms with Gasteiger partial charge in [-0.1, -0.05) is 30.3 Å². The van der Waals surface area contributed by atoms with Gasteiger partial charge in [-0.2, -0.15) is 0 Å². The smallest absolute Gasteiger partial charge is 0.242 e. The van der Waals surface area contributed by atoms with E-state index in [4.69, 9.17) is 0 Å². The zero-order chi connectivity index (χ0) is 19.3. The SMILES string of the molecule is O=C(CN1C(=O)CSC=C1c1ccccc1)N1CCN(c2ncccn2)CC1. The maximum atomic E-state index is 12.9. The molecule has 2 aliphatic heterocycles. The Morgan fingerprint density at radius 1 is 1.00 bits per heavy atom. The van der Waals surface area contributed by atoms with Crippen molar-refractivity contribution in [2.75, 3.05) is 43.4 Å². The van der Waals surface area contributed by atoms with Crippen LogP contribution in [-0.4, -0.2) is 70.1 Å². The van der Waals surface area contributed by atoms with Crippen molar-refractivity contribution in [3.05, 3.63) is 59.8 Å². The van der Waals surface area contributed by atoms with E-state index in [1.165, 1.54) is 11.8 Å². The molecular formula is C20H21N5O2S. The van der Waals surface area contributed by atoms with Gasteiger partial charge in [0.15, 0.2) is 0 Å². The molecule has 8 heteroatoms. The van der Waals surface area contributed by atoms with E-state index in [2.05, 4.69) is 14.9 Å². The lowest BCUT2D eigenvalue weighted by Gasteiger charge is -2.36. The number of nitrogens with zero attached hydrogens (tertiary/aromatic N) is 5. The highest BCUT2D eigenvalue weighted by Gasteiger charge is 2.29. The predicted octanol–water partition coefficient (Wildman–Crippen LogP) is 1.70. The minimum absolute atomic E-state index is 0.0315. The predicted molar refractivity (Wildman–Crippen MR) is 109 cm³/mol. The molecule has 0 unspecified atom stereocenters. The average Bonchev–Trinajstić information content (AvgIpc) is 2.76. The van der Waals surface area contributed by atoms with Gasteiger partial charge in [-0.3, -0.25) is 9.59 Å². The summed E-state index contributed by atoms with van der Waals surface area (Å²) in [6.45, 7) is 2.63. The Balaban J connectivity index is 1.41. The normalized spacial score (nSPS) is 17.5. The molecule has 0 radical (unpaired) electrons. The Kier molecular flexibility index (Phi) is 5.57. The average molecular weight is 395 g/mol. The number of carbonyl (C=O) groups is 2. The molecule has 2 aliphatic rings. The molecule has 0 bridgehead atoms. The van der Waals surface area contributed by atoms with E-state index in [1.54, 1.807) is 23.4 Å². The molecule has 0 aliphatic carbocycles. The molecule has 28 heavy (non-hydrogen) atoms. The highest BCUT2D eigenvalue weighted by molar-refractivity contribution is 8.03. The Hall–Kier alpha value is -2.87. The zero-order valence-electron chi connectivity index (χ0n) is 15.4. The zero-order valence-corrected chi connectivity index (χ0v) is 16.2. The van der Waals surface area contributed by atoms with Gasteiger partial charge in [-0.05, 0) is 17.0 Å². The number of carbonyl (C=O) groups excluding carboxylic acids is 2. The molecule has 1 aromatic carbocycles. The van der Waals surface area contributed by atoms with E-state index < -0.39 is 0 Å². The lowest BCUT2D eigenvalue weighted by Crippen LogP contribution is -2.52. The largest absolute Gasteiger partial charge is 0.338 e. The number of aromatic nitrogens is 2. The number of anilines is 1. The third-order valence-corrected chi connectivity index (χ3v) is 5.63. The van der Waals surface area contributed by atoms with E-state index in [9.17, 15) is 9.59 Å². The standard InChI is InChI=1S/C20H21N5O2S/c26-18(23-9-11-24(12-10-23)20-21-7-4-8-22-20)13-25-17(14-28-15-19(25)27)16-5-2-1-3-6-16/h1-8,14H,9-13,15H2. The van der Waals surface area contributed by atoms with Crippen molar-refractivity contribution in [3.63, 3.8) is 0 Å². The third kappa shape index (κ3) is 4.01. The number of rotatable bonds is 4. The maximum Gasteiger partial charge on any atom is 0.242 e. The van der Waals surface area contributed by atoms with E-state index in [0.29, 0.717) is 37.9 Å². The van der Waals surface area contributed by atoms with Crippen molar-refractivity contribution >= 4 is 35.2 Å². The molecule has 1 fully saturated rings. The Bertz CT molecular complexity index is 867. The molecule has 144 valence electrons. The lowest BCUT2D eigenvalue weighted by atomic mass is 10.1. The summed E-state index contributed by atoms with van der Waals surface area (Å²) in [5, 5.41) is 1.97. The van der Waals surface area contributed by atoms with Crippen molar-refractivity contribution < 1.29 is 9.59 Å². The van der Waals surface area contributed by atoms with E-state index in [1.807, 2.05) is 40.6 Å². The second kappa shape index (κ2) is 8.43. The van der Waals surface area contributed by atoms with Crippen molar-refractivity contribution in [2.45, 2.75) is 0 Å². The van der Waals surface area contributed by atoms with Crippen LogP contribution in [0.4, 0.5) is 5.95 Å². The molecule has 0 saturated carbocycles. The quantitative estimate of drug-likeness (QED) is 0.785. The van der Waals surface area contributed by atoms with Crippen LogP contribution in [0.2, 0.25) is 0 Å². The third-order valence-electron chi connectivity index (χ3n) is 4.82. The van der Waals surface area contributed by atoms with Crippen LogP contribution in [0.25, 0.3) is 5.70 Å². The summed E-state index contributed by atoms with van der Waals surface area (Å²) in [5.41, 5.74) is 1.74. The van der Waals surface area contributed by atoms with Crippen molar-refractivity contribution in [1.29, 1.82) is 0 Å². The van der Waals surface area contributed by atoms with Gasteiger partial charge in [-0.15, -0.1) is 11.8 Å². The fraction of sp³-hybridized carbons (Fsp3) is 0.300. The number of thioether (sulfide) groups is 1. The highest BCUT2D eigenvalue weighted by atomic mass is 32.2. The molecule has 0 atom stereocenters. The second-order valence-electron chi connectivity index (χ2n) is 6.58. The summed E-state index contributed by atoms with van der Waals surface area (Å²) in [6, 6.07) is 11.5. The number of hydrogen-bond acceptors (Lipinski definition) is 6. The highest BCUT2D eigenvalue weighted by Crippen LogP contribution is 2.28. The summed E-state index contributed by atoms with van der Waals surface area (Å²) >= 11 is 1.47. The van der Waals surface area contributed by atoms with Crippen LogP contribution in [0.3, 0.4) is 0 Å². The van der Waals surface area contributed by atoms with E-state index in [0.717, 1.165) is 11.3 Å². The van der Waals surface area contributed by atoms with Gasteiger partial charge in [0.05, 0.1) is 11.4 Å². The van der Waals surface area contributed by atoms with Gasteiger partial charge < -0.3 is 14.7 Å². The first-order valence-electron chi connectivity index (χ1n) is 9.19. The number of benzene rings is 1. The van der Waals surface area contributed by atoms with Gasteiger partial charge in [-0.25, -0.2) is 9.97 Å². The first kappa shape index (κ1) is 18.5. The van der Waals surface area contributed by atoms with E-state index >= 15 is 0 Å². The molecule has 0 N–H and O–H groups in total. The Labute approximate surface area is 168 Å². The number of piperazine rings is 1. The Morgan fingerprint density at radius 3 is 2.43 bits per heavy atom. The van der Waals surface area contributed by atoms with Crippen LogP contribution < -0.4 is 4.90 Å². The topological polar surface area (TPSA) is 69.6 Å². The molecular weight excluding hydrogens is 374 g/mol. The van der Waals surface area contributed by atoms with Crippen LogP contribution in [0.15, 0.2) is 54.2 Å². The molecule has 7 nitrogen and oxygen atoms in total. The first-order chi connectivity index (χ1) is 13.7. The molecule has 2 aromatic rings. The maximum absolute atomic E-state index is 12.9. The Morgan fingerprint density at radius 2 is 1.71 bits per heavy atom. The van der Waals surface area contributed by atoms with Crippen LogP contribution in [0.1, 0.15) is 5.56 Å².